The summed E-state index contributed by atoms with van der Waals surface area (Å²) < 4.78 is 2.37. The predicted octanol–water partition coefficient (Wildman–Crippen LogP) is 4.94. The molecule has 1 aliphatic carbocycles. The third kappa shape index (κ3) is 3.83. The average Bonchev–Trinajstić information content (AvgIpc) is 2.60. The fourth-order valence-electron chi connectivity index (χ4n) is 2.27. The Hall–Kier alpha value is 0.620. The second kappa shape index (κ2) is 6.53. The molecule has 0 spiro atoms. The van der Waals surface area contributed by atoms with Crippen LogP contribution in [-0.2, 0) is 6.54 Å². The molecule has 1 saturated carbocycles. The van der Waals surface area contributed by atoms with Gasteiger partial charge in [0.25, 0.3) is 0 Å². The first kappa shape index (κ1) is 13.1. The molecule has 0 bridgehead atoms. The third-order valence-corrected chi connectivity index (χ3v) is 6.41. The van der Waals surface area contributed by atoms with Crippen molar-refractivity contribution in [2.24, 2.45) is 5.92 Å². The van der Waals surface area contributed by atoms with Crippen molar-refractivity contribution in [3.8, 4) is 0 Å². The highest BCUT2D eigenvalue weighted by molar-refractivity contribution is 9.13. The number of halogens is 2. The molecule has 90 valence electrons. The molecule has 1 nitrogen and oxygen atoms in total. The summed E-state index contributed by atoms with van der Waals surface area (Å²) in [5.74, 6) is 0.917. The van der Waals surface area contributed by atoms with E-state index in [2.05, 4.69) is 43.2 Å². The number of hydrogen-bond acceptors (Lipinski definition) is 2. The standard InChI is InChI=1S/C12H17Br2NS/c13-11-6-10(16-12(11)14)8-15-7-9-4-2-1-3-5-9/h6,9,15H,1-5,7-8H2. The first-order chi connectivity index (χ1) is 7.75. The highest BCUT2D eigenvalue weighted by Crippen LogP contribution is 2.32. The van der Waals surface area contributed by atoms with E-state index in [0.717, 1.165) is 12.5 Å². The Labute approximate surface area is 118 Å². The van der Waals surface area contributed by atoms with Crippen LogP contribution < -0.4 is 5.32 Å². The summed E-state index contributed by atoms with van der Waals surface area (Å²) in [6.45, 7) is 2.19. The van der Waals surface area contributed by atoms with Crippen LogP contribution in [0.25, 0.3) is 0 Å². The molecule has 0 amide bonds. The number of rotatable bonds is 4. The molecule has 1 aromatic heterocycles. The quantitative estimate of drug-likeness (QED) is 0.795. The molecule has 1 aliphatic rings. The molecule has 0 radical (unpaired) electrons. The maximum Gasteiger partial charge on any atom is 0.0843 e. The first-order valence-electron chi connectivity index (χ1n) is 5.90. The van der Waals surface area contributed by atoms with Crippen LogP contribution in [0, 0.1) is 5.92 Å². The van der Waals surface area contributed by atoms with E-state index in [9.17, 15) is 0 Å². The van der Waals surface area contributed by atoms with Gasteiger partial charge in [0.1, 0.15) is 0 Å². The summed E-state index contributed by atoms with van der Waals surface area (Å²) in [7, 11) is 0. The maximum absolute atomic E-state index is 3.58. The van der Waals surface area contributed by atoms with Crippen LogP contribution in [0.3, 0.4) is 0 Å². The van der Waals surface area contributed by atoms with Gasteiger partial charge in [0.2, 0.25) is 0 Å². The van der Waals surface area contributed by atoms with Crippen molar-refractivity contribution in [3.63, 3.8) is 0 Å². The zero-order chi connectivity index (χ0) is 11.4. The second-order valence-electron chi connectivity index (χ2n) is 4.47. The van der Waals surface area contributed by atoms with Gasteiger partial charge in [-0.25, -0.2) is 0 Å². The molecule has 0 unspecified atom stereocenters. The van der Waals surface area contributed by atoms with E-state index in [-0.39, 0.29) is 0 Å². The van der Waals surface area contributed by atoms with Gasteiger partial charge in [0.05, 0.1) is 3.79 Å². The molecular weight excluding hydrogens is 350 g/mol. The lowest BCUT2D eigenvalue weighted by molar-refractivity contribution is 0.342. The lowest BCUT2D eigenvalue weighted by Gasteiger charge is -2.21. The SMILES string of the molecule is Brc1cc(CNCC2CCCCC2)sc1Br. The predicted molar refractivity (Wildman–Crippen MR) is 78.0 cm³/mol. The van der Waals surface area contributed by atoms with Gasteiger partial charge in [-0.05, 0) is 63.2 Å². The van der Waals surface area contributed by atoms with E-state index in [1.807, 2.05) is 11.3 Å². The van der Waals surface area contributed by atoms with Gasteiger partial charge >= 0.3 is 0 Å². The van der Waals surface area contributed by atoms with E-state index >= 15 is 0 Å². The van der Waals surface area contributed by atoms with Crippen LogP contribution in [0.15, 0.2) is 14.3 Å². The van der Waals surface area contributed by atoms with E-state index in [1.54, 1.807) is 0 Å². The molecule has 16 heavy (non-hydrogen) atoms. The van der Waals surface area contributed by atoms with Crippen LogP contribution in [0.2, 0.25) is 0 Å². The van der Waals surface area contributed by atoms with Gasteiger partial charge in [0, 0.05) is 15.9 Å². The molecule has 1 aromatic rings. The van der Waals surface area contributed by atoms with E-state index in [1.165, 1.54) is 51.8 Å². The van der Waals surface area contributed by atoms with E-state index in [0.29, 0.717) is 0 Å². The van der Waals surface area contributed by atoms with Crippen molar-refractivity contribution in [1.82, 2.24) is 5.32 Å². The zero-order valence-corrected chi connectivity index (χ0v) is 13.3. The molecule has 2 rings (SSSR count). The van der Waals surface area contributed by atoms with Gasteiger partial charge in [-0.1, -0.05) is 19.3 Å². The fourth-order valence-corrected chi connectivity index (χ4v) is 4.42. The van der Waals surface area contributed by atoms with Gasteiger partial charge in [-0.15, -0.1) is 11.3 Å². The van der Waals surface area contributed by atoms with E-state index in [4.69, 9.17) is 0 Å². The molecule has 0 atom stereocenters. The molecule has 0 aromatic carbocycles. The topological polar surface area (TPSA) is 12.0 Å². The third-order valence-electron chi connectivity index (χ3n) is 3.15. The Kier molecular flexibility index (Phi) is 5.33. The van der Waals surface area contributed by atoms with Crippen molar-refractivity contribution in [2.45, 2.75) is 38.6 Å². The Morgan fingerprint density at radius 2 is 2.00 bits per heavy atom. The Morgan fingerprint density at radius 1 is 1.25 bits per heavy atom. The molecular formula is C12H17Br2NS. The minimum absolute atomic E-state index is 0.917. The first-order valence-corrected chi connectivity index (χ1v) is 8.30. The number of thiophene rings is 1. The lowest BCUT2D eigenvalue weighted by Crippen LogP contribution is -2.23. The van der Waals surface area contributed by atoms with Crippen molar-refractivity contribution in [3.05, 3.63) is 19.2 Å². The van der Waals surface area contributed by atoms with Gasteiger partial charge in [0.15, 0.2) is 0 Å². The largest absolute Gasteiger partial charge is 0.312 e. The highest BCUT2D eigenvalue weighted by Gasteiger charge is 2.12. The summed E-state index contributed by atoms with van der Waals surface area (Å²) in [5.41, 5.74) is 0. The monoisotopic (exact) mass is 365 g/mol. The minimum Gasteiger partial charge on any atom is -0.312 e. The average molecular weight is 367 g/mol. The summed E-state index contributed by atoms with van der Waals surface area (Å²) in [6, 6.07) is 2.20. The molecule has 1 N–H and O–H groups in total. The normalized spacial score (nSPS) is 17.9. The maximum atomic E-state index is 3.58. The van der Waals surface area contributed by atoms with Gasteiger partial charge in [-0.2, -0.15) is 0 Å². The molecule has 1 heterocycles. The fraction of sp³-hybridized carbons (Fsp3) is 0.667. The Morgan fingerprint density at radius 3 is 2.62 bits per heavy atom. The molecule has 0 saturated heterocycles. The van der Waals surface area contributed by atoms with Crippen molar-refractivity contribution in [2.75, 3.05) is 6.54 Å². The summed E-state index contributed by atoms with van der Waals surface area (Å²) in [6.07, 6.45) is 7.15. The lowest BCUT2D eigenvalue weighted by atomic mass is 9.89. The number of nitrogens with one attached hydrogen (secondary N) is 1. The zero-order valence-electron chi connectivity index (χ0n) is 9.27. The van der Waals surface area contributed by atoms with Crippen LogP contribution in [0.4, 0.5) is 0 Å². The number of hydrogen-bond donors (Lipinski definition) is 1. The smallest absolute Gasteiger partial charge is 0.0843 e. The minimum atomic E-state index is 0.917. The van der Waals surface area contributed by atoms with Gasteiger partial charge in [-0.3, -0.25) is 0 Å². The Bertz CT molecular complexity index is 312. The van der Waals surface area contributed by atoms with Crippen molar-refractivity contribution >= 4 is 43.2 Å². The van der Waals surface area contributed by atoms with Crippen LogP contribution in [0.1, 0.15) is 37.0 Å². The second-order valence-corrected chi connectivity index (χ2v) is 7.78. The molecule has 4 heteroatoms. The van der Waals surface area contributed by atoms with Crippen molar-refractivity contribution < 1.29 is 0 Å². The Balaban J connectivity index is 1.71. The van der Waals surface area contributed by atoms with Crippen LogP contribution in [-0.4, -0.2) is 6.54 Å². The highest BCUT2D eigenvalue weighted by atomic mass is 79.9. The molecule has 0 aliphatic heterocycles. The molecule has 1 fully saturated rings. The van der Waals surface area contributed by atoms with Crippen LogP contribution in [0.5, 0.6) is 0 Å². The van der Waals surface area contributed by atoms with Gasteiger partial charge < -0.3 is 5.32 Å². The van der Waals surface area contributed by atoms with Crippen molar-refractivity contribution in [1.29, 1.82) is 0 Å². The van der Waals surface area contributed by atoms with E-state index < -0.39 is 0 Å². The van der Waals surface area contributed by atoms with Crippen LogP contribution >= 0.6 is 43.2 Å². The summed E-state index contributed by atoms with van der Waals surface area (Å²) >= 11 is 8.86. The summed E-state index contributed by atoms with van der Waals surface area (Å²) in [5, 5.41) is 3.58. The summed E-state index contributed by atoms with van der Waals surface area (Å²) in [4.78, 5) is 1.40.